The van der Waals surface area contributed by atoms with Crippen molar-refractivity contribution >= 4 is 11.5 Å². The maximum absolute atomic E-state index is 11.0. The predicted molar refractivity (Wildman–Crippen MR) is 70.3 cm³/mol. The second kappa shape index (κ2) is 5.54. The van der Waals surface area contributed by atoms with Gasteiger partial charge < -0.3 is 15.0 Å². The fourth-order valence-electron chi connectivity index (χ4n) is 2.26. The predicted octanol–water partition coefficient (Wildman–Crippen LogP) is 0.379. The minimum Gasteiger partial charge on any atom is -0.374 e. The highest BCUT2D eigenvalue weighted by Crippen LogP contribution is 2.27. The Morgan fingerprint density at radius 2 is 2.32 bits per heavy atom. The lowest BCUT2D eigenvalue weighted by Gasteiger charge is -2.30. The average Bonchev–Trinajstić information content (AvgIpc) is 2.61. The molecule has 1 atom stereocenters. The van der Waals surface area contributed by atoms with Gasteiger partial charge in [0, 0.05) is 26.7 Å². The van der Waals surface area contributed by atoms with E-state index in [0.717, 1.165) is 13.1 Å². The third-order valence-corrected chi connectivity index (χ3v) is 3.21. The lowest BCUT2D eigenvalue weighted by Crippen LogP contribution is -2.43. The number of hydrogen-bond donors (Lipinski definition) is 1. The molecule has 106 valence electrons. The third-order valence-electron chi connectivity index (χ3n) is 3.21. The summed E-state index contributed by atoms with van der Waals surface area (Å²) >= 11 is 0. The van der Waals surface area contributed by atoms with Crippen LogP contribution in [0.15, 0.2) is 0 Å². The van der Waals surface area contributed by atoms with Crippen LogP contribution in [-0.4, -0.2) is 59.0 Å². The number of ether oxygens (including phenoxy) is 1. The van der Waals surface area contributed by atoms with Gasteiger partial charge in [0.2, 0.25) is 5.82 Å². The summed E-state index contributed by atoms with van der Waals surface area (Å²) < 4.78 is 7.11. The number of morpholine rings is 1. The summed E-state index contributed by atoms with van der Waals surface area (Å²) in [4.78, 5) is 12.8. The molecule has 1 fully saturated rings. The molecular formula is C11H19N5O3. The van der Waals surface area contributed by atoms with E-state index >= 15 is 0 Å². The van der Waals surface area contributed by atoms with E-state index in [1.807, 2.05) is 7.05 Å². The van der Waals surface area contributed by atoms with Crippen molar-refractivity contribution in [3.63, 3.8) is 0 Å². The molecule has 0 bridgehead atoms. The van der Waals surface area contributed by atoms with E-state index in [0.29, 0.717) is 24.7 Å². The quantitative estimate of drug-likeness (QED) is 0.628. The van der Waals surface area contributed by atoms with E-state index in [2.05, 4.69) is 15.3 Å². The van der Waals surface area contributed by atoms with Crippen LogP contribution in [0.5, 0.6) is 0 Å². The first-order chi connectivity index (χ1) is 8.99. The van der Waals surface area contributed by atoms with Crippen LogP contribution in [0.3, 0.4) is 0 Å². The lowest BCUT2D eigenvalue weighted by atomic mass is 10.3. The first-order valence-electron chi connectivity index (χ1n) is 6.21. The van der Waals surface area contributed by atoms with Gasteiger partial charge in [-0.1, -0.05) is 0 Å². The number of nitro groups is 1. The molecule has 2 rings (SSSR count). The summed E-state index contributed by atoms with van der Waals surface area (Å²) in [7, 11) is 3.72. The topological polar surface area (TPSA) is 85.5 Å². The van der Waals surface area contributed by atoms with Gasteiger partial charge in [-0.3, -0.25) is 10.1 Å². The number of anilines is 1. The van der Waals surface area contributed by atoms with E-state index in [1.165, 1.54) is 4.68 Å². The maximum Gasteiger partial charge on any atom is 0.333 e. The molecule has 1 aromatic rings. The highest BCUT2D eigenvalue weighted by molar-refractivity contribution is 5.59. The van der Waals surface area contributed by atoms with E-state index in [1.54, 1.807) is 14.0 Å². The van der Waals surface area contributed by atoms with Crippen molar-refractivity contribution < 1.29 is 9.66 Å². The first-order valence-corrected chi connectivity index (χ1v) is 6.21. The Balaban J connectivity index is 2.05. The van der Waals surface area contributed by atoms with E-state index in [9.17, 15) is 10.1 Å². The molecule has 1 aliphatic heterocycles. The van der Waals surface area contributed by atoms with Gasteiger partial charge >= 0.3 is 5.69 Å². The summed E-state index contributed by atoms with van der Waals surface area (Å²) in [5.74, 6) is 0.430. The van der Waals surface area contributed by atoms with Crippen LogP contribution in [0.1, 0.15) is 5.69 Å². The second-order valence-electron chi connectivity index (χ2n) is 4.80. The van der Waals surface area contributed by atoms with Crippen LogP contribution in [0, 0.1) is 17.0 Å². The molecule has 19 heavy (non-hydrogen) atoms. The van der Waals surface area contributed by atoms with Crippen molar-refractivity contribution in [2.24, 2.45) is 7.05 Å². The highest BCUT2D eigenvalue weighted by atomic mass is 16.6. The SMILES string of the molecule is Cc1nn(C)c(NCC2CN(C)CCO2)c1[N+](=O)[O-]. The Morgan fingerprint density at radius 3 is 2.95 bits per heavy atom. The number of aryl methyl sites for hydroxylation is 2. The zero-order valence-electron chi connectivity index (χ0n) is 11.4. The molecule has 0 aromatic carbocycles. The minimum atomic E-state index is -0.404. The van der Waals surface area contributed by atoms with Crippen molar-refractivity contribution in [1.82, 2.24) is 14.7 Å². The summed E-state index contributed by atoms with van der Waals surface area (Å²) in [5.41, 5.74) is 0.448. The summed E-state index contributed by atoms with van der Waals surface area (Å²) in [5, 5.41) is 18.2. The molecule has 1 unspecified atom stereocenters. The monoisotopic (exact) mass is 269 g/mol. The number of likely N-dealkylation sites (N-methyl/N-ethyl adjacent to an activating group) is 1. The highest BCUT2D eigenvalue weighted by Gasteiger charge is 2.25. The van der Waals surface area contributed by atoms with Gasteiger partial charge in [0.05, 0.1) is 17.6 Å². The molecule has 1 aromatic heterocycles. The average molecular weight is 269 g/mol. The molecule has 0 spiro atoms. The van der Waals surface area contributed by atoms with Gasteiger partial charge in [0.25, 0.3) is 0 Å². The molecular weight excluding hydrogens is 250 g/mol. The van der Waals surface area contributed by atoms with Crippen molar-refractivity contribution in [2.45, 2.75) is 13.0 Å². The van der Waals surface area contributed by atoms with Gasteiger partial charge in [-0.15, -0.1) is 0 Å². The summed E-state index contributed by atoms with van der Waals surface area (Å²) in [6, 6.07) is 0. The van der Waals surface area contributed by atoms with Gasteiger partial charge in [0.1, 0.15) is 5.69 Å². The maximum atomic E-state index is 11.0. The molecule has 8 nitrogen and oxygen atoms in total. The fraction of sp³-hybridized carbons (Fsp3) is 0.727. The number of nitrogens with zero attached hydrogens (tertiary/aromatic N) is 4. The number of nitrogens with one attached hydrogen (secondary N) is 1. The van der Waals surface area contributed by atoms with Crippen molar-refractivity contribution in [2.75, 3.05) is 38.6 Å². The number of rotatable bonds is 4. The van der Waals surface area contributed by atoms with Crippen LogP contribution in [0.25, 0.3) is 0 Å². The Hall–Kier alpha value is -1.67. The van der Waals surface area contributed by atoms with Crippen molar-refractivity contribution in [3.05, 3.63) is 15.8 Å². The summed E-state index contributed by atoms with van der Waals surface area (Å²) in [6.07, 6.45) is 0.0357. The van der Waals surface area contributed by atoms with Crippen LogP contribution in [0.4, 0.5) is 11.5 Å². The van der Waals surface area contributed by atoms with E-state index in [4.69, 9.17) is 4.74 Å². The largest absolute Gasteiger partial charge is 0.374 e. The Bertz CT molecular complexity index is 473. The van der Waals surface area contributed by atoms with Gasteiger partial charge in [-0.2, -0.15) is 5.10 Å². The van der Waals surface area contributed by atoms with Gasteiger partial charge in [-0.05, 0) is 14.0 Å². The second-order valence-corrected chi connectivity index (χ2v) is 4.80. The molecule has 0 aliphatic carbocycles. The molecule has 1 saturated heterocycles. The molecule has 1 N–H and O–H groups in total. The van der Waals surface area contributed by atoms with E-state index in [-0.39, 0.29) is 11.8 Å². The Kier molecular flexibility index (Phi) is 4.01. The number of hydrogen-bond acceptors (Lipinski definition) is 6. The Morgan fingerprint density at radius 1 is 1.58 bits per heavy atom. The molecule has 0 amide bonds. The third kappa shape index (κ3) is 3.02. The van der Waals surface area contributed by atoms with Crippen LogP contribution in [0.2, 0.25) is 0 Å². The van der Waals surface area contributed by atoms with Crippen LogP contribution >= 0.6 is 0 Å². The van der Waals surface area contributed by atoms with Gasteiger partial charge in [0.15, 0.2) is 0 Å². The molecule has 8 heteroatoms. The smallest absolute Gasteiger partial charge is 0.333 e. The zero-order chi connectivity index (χ0) is 14.0. The Labute approximate surface area is 111 Å². The standard InChI is InChI=1S/C11H19N5O3/c1-8-10(16(17)18)11(15(3)13-8)12-6-9-7-14(2)4-5-19-9/h9,12H,4-7H2,1-3H3. The molecule has 0 radical (unpaired) electrons. The van der Waals surface area contributed by atoms with Crippen molar-refractivity contribution in [3.8, 4) is 0 Å². The molecule has 0 saturated carbocycles. The van der Waals surface area contributed by atoms with Crippen LogP contribution < -0.4 is 5.32 Å². The fourth-order valence-corrected chi connectivity index (χ4v) is 2.26. The minimum absolute atomic E-state index is 0.0339. The molecule has 2 heterocycles. The zero-order valence-corrected chi connectivity index (χ0v) is 11.4. The molecule has 1 aliphatic rings. The van der Waals surface area contributed by atoms with Gasteiger partial charge in [-0.25, -0.2) is 4.68 Å². The first kappa shape index (κ1) is 13.8. The summed E-state index contributed by atoms with van der Waals surface area (Å²) in [6.45, 7) is 4.59. The van der Waals surface area contributed by atoms with Crippen molar-refractivity contribution in [1.29, 1.82) is 0 Å². The lowest BCUT2D eigenvalue weighted by molar-refractivity contribution is -0.384. The van der Waals surface area contributed by atoms with E-state index < -0.39 is 4.92 Å². The normalized spacial score (nSPS) is 20.5. The van der Waals surface area contributed by atoms with Crippen LogP contribution in [-0.2, 0) is 11.8 Å². The number of aromatic nitrogens is 2.